The predicted octanol–water partition coefficient (Wildman–Crippen LogP) is 1.91. The number of anilines is 1. The number of carbonyl (C=O) groups is 1. The van der Waals surface area contributed by atoms with Crippen molar-refractivity contribution >= 4 is 23.2 Å². The van der Waals surface area contributed by atoms with Crippen LogP contribution >= 0.6 is 11.3 Å². The molecule has 1 amide bonds. The summed E-state index contributed by atoms with van der Waals surface area (Å²) in [6.07, 6.45) is 3.34. The molecule has 0 atom stereocenters. The van der Waals surface area contributed by atoms with Crippen LogP contribution in [0.25, 0.3) is 0 Å². The quantitative estimate of drug-likeness (QED) is 0.883. The van der Waals surface area contributed by atoms with Crippen LogP contribution in [0.5, 0.6) is 0 Å². The van der Waals surface area contributed by atoms with Gasteiger partial charge in [0.15, 0.2) is 5.82 Å². The third-order valence-electron chi connectivity index (χ3n) is 3.91. The topological polar surface area (TPSA) is 71.8 Å². The number of nitrogens with one attached hydrogen (secondary N) is 2. The van der Waals surface area contributed by atoms with Crippen molar-refractivity contribution in [2.24, 2.45) is 7.05 Å². The maximum absolute atomic E-state index is 12.0. The maximum atomic E-state index is 12.0. The molecule has 2 aromatic rings. The number of hydrogen-bond acceptors (Lipinski definition) is 5. The van der Waals surface area contributed by atoms with E-state index in [0.717, 1.165) is 38.2 Å². The van der Waals surface area contributed by atoms with Crippen molar-refractivity contribution in [3.8, 4) is 0 Å². The fraction of sp³-hybridized carbons (Fsp3) is 0.533. The first-order chi connectivity index (χ1) is 10.7. The van der Waals surface area contributed by atoms with Gasteiger partial charge in [0, 0.05) is 24.3 Å². The molecule has 1 saturated heterocycles. The number of aromatic nitrogens is 3. The molecule has 0 bridgehead atoms. The third kappa shape index (κ3) is 3.72. The SMILES string of the molecule is Cn1nc(C2CCNCC2)nc1NC(=O)CCc1cccs1. The van der Waals surface area contributed by atoms with Gasteiger partial charge in [0.1, 0.15) is 0 Å². The Morgan fingerprint density at radius 2 is 2.32 bits per heavy atom. The van der Waals surface area contributed by atoms with E-state index in [1.807, 2.05) is 18.5 Å². The van der Waals surface area contributed by atoms with Gasteiger partial charge in [-0.3, -0.25) is 10.1 Å². The Morgan fingerprint density at radius 1 is 1.50 bits per heavy atom. The van der Waals surface area contributed by atoms with Gasteiger partial charge in [-0.2, -0.15) is 10.1 Å². The average Bonchev–Trinajstić information content (AvgIpc) is 3.17. The number of aryl methyl sites for hydroxylation is 2. The molecule has 3 rings (SSSR count). The van der Waals surface area contributed by atoms with Crippen LogP contribution in [0.4, 0.5) is 5.95 Å². The molecule has 118 valence electrons. The molecular formula is C15H21N5OS. The number of nitrogens with zero attached hydrogens (tertiary/aromatic N) is 3. The summed E-state index contributed by atoms with van der Waals surface area (Å²) in [6, 6.07) is 4.06. The van der Waals surface area contributed by atoms with Crippen LogP contribution in [-0.2, 0) is 18.3 Å². The highest BCUT2D eigenvalue weighted by atomic mass is 32.1. The van der Waals surface area contributed by atoms with Crippen LogP contribution in [-0.4, -0.2) is 33.8 Å². The summed E-state index contributed by atoms with van der Waals surface area (Å²) < 4.78 is 1.67. The normalized spacial score (nSPS) is 15.9. The first kappa shape index (κ1) is 15.2. The fourth-order valence-electron chi connectivity index (χ4n) is 2.64. The number of rotatable bonds is 5. The Kier molecular flexibility index (Phi) is 4.84. The highest BCUT2D eigenvalue weighted by molar-refractivity contribution is 7.09. The molecular weight excluding hydrogens is 298 g/mol. The summed E-state index contributed by atoms with van der Waals surface area (Å²) in [4.78, 5) is 17.8. The van der Waals surface area contributed by atoms with Crippen LogP contribution in [0.15, 0.2) is 17.5 Å². The fourth-order valence-corrected chi connectivity index (χ4v) is 3.35. The molecule has 0 aliphatic carbocycles. The van der Waals surface area contributed by atoms with E-state index in [1.54, 1.807) is 16.0 Å². The average molecular weight is 319 g/mol. The van der Waals surface area contributed by atoms with Gasteiger partial charge in [0.25, 0.3) is 0 Å². The van der Waals surface area contributed by atoms with Crippen LogP contribution in [0, 0.1) is 0 Å². The minimum Gasteiger partial charge on any atom is -0.317 e. The second-order valence-electron chi connectivity index (χ2n) is 5.57. The first-order valence-corrected chi connectivity index (χ1v) is 8.54. The minimum absolute atomic E-state index is 0.0132. The predicted molar refractivity (Wildman–Crippen MR) is 87.1 cm³/mol. The lowest BCUT2D eigenvalue weighted by Crippen LogP contribution is -2.27. The molecule has 0 spiro atoms. The molecule has 1 aliphatic heterocycles. The van der Waals surface area contributed by atoms with E-state index in [4.69, 9.17) is 0 Å². The summed E-state index contributed by atoms with van der Waals surface area (Å²) in [6.45, 7) is 2.01. The van der Waals surface area contributed by atoms with E-state index in [1.165, 1.54) is 4.88 Å². The van der Waals surface area contributed by atoms with Gasteiger partial charge in [-0.25, -0.2) is 4.68 Å². The lowest BCUT2D eigenvalue weighted by atomic mass is 9.98. The first-order valence-electron chi connectivity index (χ1n) is 7.66. The summed E-state index contributed by atoms with van der Waals surface area (Å²) in [7, 11) is 1.83. The summed E-state index contributed by atoms with van der Waals surface area (Å²) in [5, 5.41) is 12.7. The molecule has 3 heterocycles. The lowest BCUT2D eigenvalue weighted by Gasteiger charge is -2.19. The van der Waals surface area contributed by atoms with Gasteiger partial charge in [-0.15, -0.1) is 11.3 Å². The molecule has 0 unspecified atom stereocenters. The molecule has 0 radical (unpaired) electrons. The zero-order valence-electron chi connectivity index (χ0n) is 12.7. The monoisotopic (exact) mass is 319 g/mol. The lowest BCUT2D eigenvalue weighted by molar-refractivity contribution is -0.116. The van der Waals surface area contributed by atoms with Gasteiger partial charge in [-0.1, -0.05) is 6.07 Å². The van der Waals surface area contributed by atoms with Crippen molar-refractivity contribution in [1.29, 1.82) is 0 Å². The van der Waals surface area contributed by atoms with Crippen molar-refractivity contribution in [2.75, 3.05) is 18.4 Å². The van der Waals surface area contributed by atoms with Crippen LogP contribution < -0.4 is 10.6 Å². The number of piperidine rings is 1. The van der Waals surface area contributed by atoms with Crippen molar-refractivity contribution in [2.45, 2.75) is 31.6 Å². The second kappa shape index (κ2) is 7.02. The van der Waals surface area contributed by atoms with E-state index >= 15 is 0 Å². The Labute approximate surface area is 133 Å². The van der Waals surface area contributed by atoms with Crippen LogP contribution in [0.1, 0.15) is 35.9 Å². The van der Waals surface area contributed by atoms with Crippen LogP contribution in [0.3, 0.4) is 0 Å². The number of hydrogen-bond donors (Lipinski definition) is 2. The van der Waals surface area contributed by atoms with E-state index in [2.05, 4.69) is 26.8 Å². The molecule has 2 aromatic heterocycles. The van der Waals surface area contributed by atoms with Gasteiger partial charge in [0.05, 0.1) is 0 Å². The van der Waals surface area contributed by atoms with Crippen LogP contribution in [0.2, 0.25) is 0 Å². The van der Waals surface area contributed by atoms with E-state index in [9.17, 15) is 4.79 Å². The van der Waals surface area contributed by atoms with Gasteiger partial charge in [0.2, 0.25) is 11.9 Å². The molecule has 1 fully saturated rings. The van der Waals surface area contributed by atoms with E-state index in [-0.39, 0.29) is 5.91 Å². The molecule has 0 aromatic carbocycles. The molecule has 22 heavy (non-hydrogen) atoms. The number of thiophene rings is 1. The van der Waals surface area contributed by atoms with Crippen molar-refractivity contribution in [1.82, 2.24) is 20.1 Å². The second-order valence-corrected chi connectivity index (χ2v) is 6.60. The van der Waals surface area contributed by atoms with E-state index in [0.29, 0.717) is 18.3 Å². The minimum atomic E-state index is -0.0132. The van der Waals surface area contributed by atoms with Gasteiger partial charge in [-0.05, 0) is 43.8 Å². The van der Waals surface area contributed by atoms with Crippen molar-refractivity contribution in [3.05, 3.63) is 28.2 Å². The molecule has 0 saturated carbocycles. The zero-order valence-corrected chi connectivity index (χ0v) is 13.5. The molecule has 6 nitrogen and oxygen atoms in total. The highest BCUT2D eigenvalue weighted by Gasteiger charge is 2.21. The highest BCUT2D eigenvalue weighted by Crippen LogP contribution is 2.23. The standard InChI is InChI=1S/C15H21N5OS/c1-20-15(17-13(21)5-4-12-3-2-10-22-12)18-14(19-20)11-6-8-16-9-7-11/h2-3,10-11,16H,4-9H2,1H3,(H,17,18,19,21). The molecule has 7 heteroatoms. The van der Waals surface area contributed by atoms with Gasteiger partial charge >= 0.3 is 0 Å². The Hall–Kier alpha value is -1.73. The Morgan fingerprint density at radius 3 is 3.05 bits per heavy atom. The smallest absolute Gasteiger partial charge is 0.227 e. The summed E-state index contributed by atoms with van der Waals surface area (Å²) in [5.41, 5.74) is 0. The summed E-state index contributed by atoms with van der Waals surface area (Å²) >= 11 is 1.68. The molecule has 2 N–H and O–H groups in total. The maximum Gasteiger partial charge on any atom is 0.227 e. The van der Waals surface area contributed by atoms with Crippen molar-refractivity contribution in [3.63, 3.8) is 0 Å². The van der Waals surface area contributed by atoms with Gasteiger partial charge < -0.3 is 5.32 Å². The zero-order chi connectivity index (χ0) is 15.4. The number of carbonyl (C=O) groups excluding carboxylic acids is 1. The van der Waals surface area contributed by atoms with Crippen molar-refractivity contribution < 1.29 is 4.79 Å². The van der Waals surface area contributed by atoms with E-state index < -0.39 is 0 Å². The largest absolute Gasteiger partial charge is 0.317 e. The Bertz CT molecular complexity index is 616. The number of amides is 1. The molecule has 1 aliphatic rings. The summed E-state index contributed by atoms with van der Waals surface area (Å²) in [5.74, 6) is 1.77. The third-order valence-corrected chi connectivity index (χ3v) is 4.85. The Balaban J connectivity index is 1.57.